The smallest absolute Gasteiger partial charge is 0.322 e. The average Bonchev–Trinajstić information content (AvgIpc) is 2.12. The molecule has 0 fully saturated rings. The molecular formula is C10H21NO4S. The normalized spacial score (nSPS) is 14.6. The molecule has 16 heavy (non-hydrogen) atoms. The van der Waals surface area contributed by atoms with Crippen LogP contribution in [0.4, 0.5) is 0 Å². The lowest BCUT2D eigenvalue weighted by Gasteiger charge is -2.24. The van der Waals surface area contributed by atoms with E-state index in [1.807, 2.05) is 0 Å². The highest BCUT2D eigenvalue weighted by atomic mass is 32.2. The Labute approximate surface area is 97.5 Å². The van der Waals surface area contributed by atoms with Gasteiger partial charge in [0.25, 0.3) is 0 Å². The van der Waals surface area contributed by atoms with Gasteiger partial charge in [0.1, 0.15) is 6.04 Å². The maximum absolute atomic E-state index is 11.4. The molecule has 1 unspecified atom stereocenters. The Morgan fingerprint density at radius 2 is 1.94 bits per heavy atom. The molecule has 0 rings (SSSR count). The van der Waals surface area contributed by atoms with Crippen molar-refractivity contribution in [3.05, 3.63) is 0 Å². The van der Waals surface area contributed by atoms with Gasteiger partial charge in [0.15, 0.2) is 9.84 Å². The van der Waals surface area contributed by atoms with Crippen LogP contribution >= 0.6 is 0 Å². The first-order valence-electron chi connectivity index (χ1n) is 5.21. The lowest BCUT2D eigenvalue weighted by atomic mass is 10.2. The van der Waals surface area contributed by atoms with Gasteiger partial charge in [0.05, 0.1) is 11.4 Å². The number of hydrogen-bond acceptors (Lipinski definition) is 5. The summed E-state index contributed by atoms with van der Waals surface area (Å²) in [4.78, 5) is 11.3. The minimum atomic E-state index is -3.15. The van der Waals surface area contributed by atoms with Crippen molar-refractivity contribution in [2.24, 2.45) is 0 Å². The summed E-state index contributed by atoms with van der Waals surface area (Å²) in [5, 5.41) is 2.86. The van der Waals surface area contributed by atoms with Gasteiger partial charge >= 0.3 is 5.97 Å². The number of nitrogens with one attached hydrogen (secondary N) is 1. The fourth-order valence-corrected chi connectivity index (χ4v) is 1.23. The molecule has 5 nitrogen and oxygen atoms in total. The quantitative estimate of drug-likeness (QED) is 0.690. The van der Waals surface area contributed by atoms with Gasteiger partial charge in [-0.05, 0) is 27.7 Å². The molecule has 1 N–H and O–H groups in total. The van der Waals surface area contributed by atoms with Gasteiger partial charge in [0, 0.05) is 12.8 Å². The first-order chi connectivity index (χ1) is 7.12. The van der Waals surface area contributed by atoms with E-state index < -0.39 is 20.6 Å². The third-order valence-corrected chi connectivity index (χ3v) is 4.63. The van der Waals surface area contributed by atoms with E-state index in [1.54, 1.807) is 27.7 Å². The molecule has 0 heterocycles. The van der Waals surface area contributed by atoms with Crippen LogP contribution in [-0.2, 0) is 19.4 Å². The molecule has 0 aromatic heterocycles. The van der Waals surface area contributed by atoms with Gasteiger partial charge in [-0.2, -0.15) is 0 Å². The van der Waals surface area contributed by atoms with Crippen LogP contribution in [0.25, 0.3) is 0 Å². The number of ether oxygens (including phenoxy) is 1. The summed E-state index contributed by atoms with van der Waals surface area (Å²) in [5.41, 5.74) is 0. The molecule has 0 saturated carbocycles. The van der Waals surface area contributed by atoms with E-state index in [1.165, 1.54) is 6.26 Å². The van der Waals surface area contributed by atoms with E-state index in [0.717, 1.165) is 0 Å². The van der Waals surface area contributed by atoms with Crippen molar-refractivity contribution in [1.82, 2.24) is 5.32 Å². The molecule has 0 aliphatic heterocycles. The van der Waals surface area contributed by atoms with Crippen LogP contribution in [0.5, 0.6) is 0 Å². The van der Waals surface area contributed by atoms with Crippen LogP contribution in [0, 0.1) is 0 Å². The Balaban J connectivity index is 4.31. The van der Waals surface area contributed by atoms with E-state index in [9.17, 15) is 13.2 Å². The van der Waals surface area contributed by atoms with E-state index in [-0.39, 0.29) is 12.5 Å². The molecule has 6 heteroatoms. The molecule has 0 saturated heterocycles. The molecule has 0 amide bonds. The van der Waals surface area contributed by atoms with Crippen molar-refractivity contribution >= 4 is 15.8 Å². The highest BCUT2D eigenvalue weighted by Crippen LogP contribution is 2.13. The van der Waals surface area contributed by atoms with E-state index >= 15 is 0 Å². The van der Waals surface area contributed by atoms with E-state index in [4.69, 9.17) is 4.74 Å². The molecule has 0 aromatic carbocycles. The minimum Gasteiger partial charge on any atom is -0.465 e. The van der Waals surface area contributed by atoms with Crippen molar-refractivity contribution < 1.29 is 17.9 Å². The number of carbonyl (C=O) groups is 1. The predicted octanol–water partition coefficient (Wildman–Crippen LogP) is 0.351. The van der Waals surface area contributed by atoms with Gasteiger partial charge in [-0.25, -0.2) is 8.42 Å². The predicted molar refractivity (Wildman–Crippen MR) is 63.0 cm³/mol. The van der Waals surface area contributed by atoms with Crippen molar-refractivity contribution in [2.45, 2.75) is 38.5 Å². The number of carbonyl (C=O) groups excluding carboxylic acids is 1. The average molecular weight is 251 g/mol. The third kappa shape index (κ3) is 4.49. The minimum absolute atomic E-state index is 0.214. The second kappa shape index (κ2) is 5.63. The van der Waals surface area contributed by atoms with Crippen LogP contribution in [-0.4, -0.2) is 44.6 Å². The van der Waals surface area contributed by atoms with Crippen LogP contribution in [0.3, 0.4) is 0 Å². The van der Waals surface area contributed by atoms with Crippen molar-refractivity contribution in [3.8, 4) is 0 Å². The molecule has 0 aromatic rings. The molecule has 0 aliphatic carbocycles. The lowest BCUT2D eigenvalue weighted by molar-refractivity contribution is -0.145. The van der Waals surface area contributed by atoms with Gasteiger partial charge in [0.2, 0.25) is 0 Å². The summed E-state index contributed by atoms with van der Waals surface area (Å²) >= 11 is 0. The summed E-state index contributed by atoms with van der Waals surface area (Å²) < 4.78 is 26.7. The highest BCUT2D eigenvalue weighted by molar-refractivity contribution is 7.92. The Hall–Kier alpha value is -0.620. The molecule has 0 bridgehead atoms. The summed E-state index contributed by atoms with van der Waals surface area (Å²) in [6.07, 6.45) is 1.18. The second-order valence-corrected chi connectivity index (χ2v) is 7.04. The Morgan fingerprint density at radius 1 is 1.44 bits per heavy atom. The van der Waals surface area contributed by atoms with Gasteiger partial charge in [-0.1, -0.05) is 0 Å². The molecule has 0 aliphatic rings. The lowest BCUT2D eigenvalue weighted by Crippen LogP contribution is -2.47. The zero-order valence-electron chi connectivity index (χ0n) is 10.5. The summed E-state index contributed by atoms with van der Waals surface area (Å²) in [5.74, 6) is -0.369. The molecule has 0 spiro atoms. The zero-order chi connectivity index (χ0) is 13.0. The zero-order valence-corrected chi connectivity index (χ0v) is 11.3. The number of hydrogen-bond donors (Lipinski definition) is 1. The topological polar surface area (TPSA) is 72.5 Å². The van der Waals surface area contributed by atoms with Gasteiger partial charge in [-0.3, -0.25) is 4.79 Å². The maximum Gasteiger partial charge on any atom is 0.322 e. The van der Waals surface area contributed by atoms with Crippen LogP contribution in [0.2, 0.25) is 0 Å². The van der Waals surface area contributed by atoms with Crippen molar-refractivity contribution in [3.63, 3.8) is 0 Å². The van der Waals surface area contributed by atoms with E-state index in [0.29, 0.717) is 6.61 Å². The SMILES string of the molecule is CCOC(=O)C(C)NCC(C)(C)S(C)(=O)=O. The second-order valence-electron chi connectivity index (χ2n) is 4.39. The summed E-state index contributed by atoms with van der Waals surface area (Å²) in [6.45, 7) is 7.15. The standard InChI is InChI=1S/C10H21NO4S/c1-6-15-9(12)8(2)11-7-10(3,4)16(5,13)14/h8,11H,6-7H2,1-5H3. The van der Waals surface area contributed by atoms with Gasteiger partial charge in [-0.15, -0.1) is 0 Å². The third-order valence-electron chi connectivity index (χ3n) is 2.48. The number of sulfone groups is 1. The maximum atomic E-state index is 11.4. The van der Waals surface area contributed by atoms with Gasteiger partial charge < -0.3 is 10.1 Å². The monoisotopic (exact) mass is 251 g/mol. The van der Waals surface area contributed by atoms with Crippen LogP contribution < -0.4 is 5.32 Å². The Morgan fingerprint density at radius 3 is 2.31 bits per heavy atom. The highest BCUT2D eigenvalue weighted by Gasteiger charge is 2.31. The first kappa shape index (κ1) is 15.4. The number of rotatable bonds is 6. The number of esters is 1. The largest absolute Gasteiger partial charge is 0.465 e. The molecule has 0 radical (unpaired) electrons. The summed E-state index contributed by atoms with van der Waals surface area (Å²) in [7, 11) is -3.15. The Bertz CT molecular complexity index is 335. The fraction of sp³-hybridized carbons (Fsp3) is 0.900. The molecule has 1 atom stereocenters. The fourth-order valence-electron chi connectivity index (χ4n) is 0.881. The first-order valence-corrected chi connectivity index (χ1v) is 7.10. The molecule has 96 valence electrons. The van der Waals surface area contributed by atoms with Crippen LogP contribution in [0.15, 0.2) is 0 Å². The summed E-state index contributed by atoms with van der Waals surface area (Å²) in [6, 6.07) is -0.499. The van der Waals surface area contributed by atoms with E-state index in [2.05, 4.69) is 5.32 Å². The molecular weight excluding hydrogens is 230 g/mol. The van der Waals surface area contributed by atoms with Crippen LogP contribution in [0.1, 0.15) is 27.7 Å². The Kier molecular flexibility index (Phi) is 5.41. The van der Waals surface area contributed by atoms with Crippen molar-refractivity contribution in [2.75, 3.05) is 19.4 Å². The van der Waals surface area contributed by atoms with Crippen molar-refractivity contribution in [1.29, 1.82) is 0 Å².